The van der Waals surface area contributed by atoms with Gasteiger partial charge < -0.3 is 10.0 Å². The van der Waals surface area contributed by atoms with Crippen molar-refractivity contribution in [3.8, 4) is 0 Å². The number of rotatable bonds is 3. The van der Waals surface area contributed by atoms with Crippen LogP contribution in [0.4, 0.5) is 5.13 Å². The highest BCUT2D eigenvalue weighted by Gasteiger charge is 2.34. The van der Waals surface area contributed by atoms with E-state index < -0.39 is 11.4 Å². The van der Waals surface area contributed by atoms with Crippen LogP contribution in [-0.2, 0) is 10.2 Å². The number of aromatic nitrogens is 1. The van der Waals surface area contributed by atoms with Crippen molar-refractivity contribution in [2.45, 2.75) is 46.0 Å². The number of nitrogens with zero attached hydrogens (tertiary/aromatic N) is 2. The summed E-state index contributed by atoms with van der Waals surface area (Å²) in [6, 6.07) is 0. The summed E-state index contributed by atoms with van der Waals surface area (Å²) in [5.41, 5.74) is 0.0512. The number of aliphatic carboxylic acids is 1. The van der Waals surface area contributed by atoms with Gasteiger partial charge in [-0.25, -0.2) is 4.98 Å². The lowest BCUT2D eigenvalue weighted by Gasteiger charge is -2.37. The van der Waals surface area contributed by atoms with Crippen LogP contribution in [0.25, 0.3) is 0 Å². The van der Waals surface area contributed by atoms with Crippen molar-refractivity contribution in [1.82, 2.24) is 4.98 Å². The minimum Gasteiger partial charge on any atom is -0.481 e. The van der Waals surface area contributed by atoms with Crippen molar-refractivity contribution in [2.75, 3.05) is 18.0 Å². The van der Waals surface area contributed by atoms with Crippen molar-refractivity contribution in [3.05, 3.63) is 11.1 Å². The summed E-state index contributed by atoms with van der Waals surface area (Å²) in [6.07, 6.45) is 2.41. The van der Waals surface area contributed by atoms with Crippen LogP contribution >= 0.6 is 11.3 Å². The average Bonchev–Trinajstić information content (AvgIpc) is 2.77. The van der Waals surface area contributed by atoms with E-state index in [-0.39, 0.29) is 0 Å². The Hall–Kier alpha value is -1.10. The van der Waals surface area contributed by atoms with Crippen LogP contribution < -0.4 is 4.90 Å². The number of carboxylic acid groups (broad SMARTS) is 1. The van der Waals surface area contributed by atoms with E-state index in [4.69, 9.17) is 0 Å². The van der Waals surface area contributed by atoms with E-state index in [0.29, 0.717) is 11.1 Å². The van der Waals surface area contributed by atoms with Crippen LogP contribution in [0.5, 0.6) is 0 Å². The van der Waals surface area contributed by atoms with Gasteiger partial charge in [-0.05, 0) is 32.1 Å². The first-order valence-electron chi connectivity index (χ1n) is 6.67. The fourth-order valence-corrected chi connectivity index (χ4v) is 3.41. The van der Waals surface area contributed by atoms with Crippen molar-refractivity contribution >= 4 is 22.4 Å². The molecule has 0 radical (unpaired) electrons. The lowest BCUT2D eigenvalue weighted by molar-refractivity contribution is -0.142. The van der Waals surface area contributed by atoms with Crippen molar-refractivity contribution in [2.24, 2.45) is 5.41 Å². The van der Waals surface area contributed by atoms with E-state index >= 15 is 0 Å². The highest BCUT2D eigenvalue weighted by atomic mass is 32.1. The Bertz CT molecular complexity index is 480. The summed E-state index contributed by atoms with van der Waals surface area (Å²) in [4.78, 5) is 18.1. The van der Waals surface area contributed by atoms with Crippen LogP contribution in [0.3, 0.4) is 0 Å². The molecule has 2 heterocycles. The molecule has 0 bridgehead atoms. The molecule has 0 aromatic carbocycles. The molecule has 0 unspecified atom stereocenters. The van der Waals surface area contributed by atoms with Crippen LogP contribution in [0.1, 0.15) is 46.2 Å². The number of thiazole rings is 1. The maximum atomic E-state index is 11.3. The number of piperidine rings is 1. The van der Waals surface area contributed by atoms with Gasteiger partial charge in [0.1, 0.15) is 5.41 Å². The monoisotopic (exact) mass is 282 g/mol. The molecule has 0 saturated carbocycles. The number of anilines is 1. The van der Waals surface area contributed by atoms with Crippen molar-refractivity contribution in [1.29, 1.82) is 0 Å². The molecule has 1 saturated heterocycles. The summed E-state index contributed by atoms with van der Waals surface area (Å²) < 4.78 is 0. The van der Waals surface area contributed by atoms with Gasteiger partial charge in [0.05, 0.1) is 5.69 Å². The largest absolute Gasteiger partial charge is 0.481 e. The lowest BCUT2D eigenvalue weighted by atomic mass is 9.84. The van der Waals surface area contributed by atoms with Gasteiger partial charge in [-0.3, -0.25) is 4.79 Å². The molecule has 0 amide bonds. The Morgan fingerprint density at radius 1 is 1.53 bits per heavy atom. The zero-order chi connectivity index (χ0) is 14.3. The minimum atomic E-state index is -0.917. The highest BCUT2D eigenvalue weighted by molar-refractivity contribution is 7.13. The fourth-order valence-electron chi connectivity index (χ4n) is 2.39. The second kappa shape index (κ2) is 4.78. The maximum Gasteiger partial charge on any atom is 0.315 e. The summed E-state index contributed by atoms with van der Waals surface area (Å²) in [5, 5.41) is 12.1. The van der Waals surface area contributed by atoms with E-state index in [1.54, 1.807) is 25.2 Å². The summed E-state index contributed by atoms with van der Waals surface area (Å²) in [5.74, 6) is -0.830. The molecule has 4 nitrogen and oxygen atoms in total. The molecule has 19 heavy (non-hydrogen) atoms. The Labute approximate surface area is 118 Å². The molecule has 1 aromatic rings. The second-order valence-electron chi connectivity index (χ2n) is 6.63. The van der Waals surface area contributed by atoms with Gasteiger partial charge in [-0.2, -0.15) is 0 Å². The molecular formula is C14H22N2O2S. The van der Waals surface area contributed by atoms with Gasteiger partial charge in [0, 0.05) is 18.5 Å². The molecule has 1 aliphatic heterocycles. The lowest BCUT2D eigenvalue weighted by Crippen LogP contribution is -2.40. The van der Waals surface area contributed by atoms with E-state index in [1.807, 2.05) is 5.38 Å². The molecular weight excluding hydrogens is 260 g/mol. The van der Waals surface area contributed by atoms with E-state index in [9.17, 15) is 9.90 Å². The molecule has 5 heteroatoms. The molecule has 106 valence electrons. The third kappa shape index (κ3) is 2.91. The van der Waals surface area contributed by atoms with Gasteiger partial charge in [0.2, 0.25) is 0 Å². The van der Waals surface area contributed by atoms with Gasteiger partial charge in [0.25, 0.3) is 0 Å². The van der Waals surface area contributed by atoms with Crippen molar-refractivity contribution < 1.29 is 9.90 Å². The van der Waals surface area contributed by atoms with Crippen LogP contribution in [0, 0.1) is 5.41 Å². The van der Waals surface area contributed by atoms with E-state index in [2.05, 4.69) is 23.7 Å². The smallest absolute Gasteiger partial charge is 0.315 e. The Balaban J connectivity index is 2.20. The molecule has 1 aliphatic rings. The second-order valence-corrected chi connectivity index (χ2v) is 7.47. The molecule has 1 N–H and O–H groups in total. The highest BCUT2D eigenvalue weighted by Crippen LogP contribution is 2.35. The average molecular weight is 282 g/mol. The quantitative estimate of drug-likeness (QED) is 0.925. The minimum absolute atomic E-state index is 0.312. The number of carbonyl (C=O) groups is 1. The van der Waals surface area contributed by atoms with Gasteiger partial charge in [0.15, 0.2) is 5.13 Å². The predicted octanol–water partition coefficient (Wildman–Crippen LogP) is 3.13. The third-order valence-corrected chi connectivity index (χ3v) is 4.74. The van der Waals surface area contributed by atoms with Gasteiger partial charge in [-0.1, -0.05) is 13.8 Å². The Morgan fingerprint density at radius 3 is 2.79 bits per heavy atom. The Kier molecular flexibility index (Phi) is 3.60. The number of carboxylic acids is 1. The topological polar surface area (TPSA) is 53.4 Å². The van der Waals surface area contributed by atoms with E-state index in [1.165, 1.54) is 12.8 Å². The zero-order valence-corrected chi connectivity index (χ0v) is 12.9. The molecule has 0 aliphatic carbocycles. The standard InChI is InChI=1S/C14H22N2O2S/c1-13(2)6-5-7-16(9-13)12-15-10(8-19-12)14(3,4)11(17)18/h8H,5-7,9H2,1-4H3,(H,17,18). The van der Waals surface area contributed by atoms with Crippen LogP contribution in [0.15, 0.2) is 5.38 Å². The summed E-state index contributed by atoms with van der Waals surface area (Å²) in [7, 11) is 0. The first-order chi connectivity index (χ1) is 8.72. The van der Waals surface area contributed by atoms with Gasteiger partial charge in [-0.15, -0.1) is 11.3 Å². The first kappa shape index (κ1) is 14.3. The molecule has 1 fully saturated rings. The van der Waals surface area contributed by atoms with Crippen LogP contribution in [-0.4, -0.2) is 29.1 Å². The molecule has 0 atom stereocenters. The maximum absolute atomic E-state index is 11.3. The predicted molar refractivity (Wildman–Crippen MR) is 78.0 cm³/mol. The molecule has 1 aromatic heterocycles. The van der Waals surface area contributed by atoms with E-state index in [0.717, 1.165) is 18.2 Å². The molecule has 0 spiro atoms. The van der Waals surface area contributed by atoms with Crippen LogP contribution in [0.2, 0.25) is 0 Å². The molecule has 2 rings (SSSR count). The zero-order valence-electron chi connectivity index (χ0n) is 12.1. The first-order valence-corrected chi connectivity index (χ1v) is 7.55. The number of hydrogen-bond acceptors (Lipinski definition) is 4. The normalized spacial score (nSPS) is 19.5. The number of hydrogen-bond donors (Lipinski definition) is 1. The van der Waals surface area contributed by atoms with Crippen molar-refractivity contribution in [3.63, 3.8) is 0 Å². The summed E-state index contributed by atoms with van der Waals surface area (Å²) >= 11 is 1.55. The third-order valence-electron chi connectivity index (χ3n) is 3.84. The fraction of sp³-hybridized carbons (Fsp3) is 0.714. The summed E-state index contributed by atoms with van der Waals surface area (Å²) in [6.45, 7) is 9.96. The van der Waals surface area contributed by atoms with Gasteiger partial charge >= 0.3 is 5.97 Å². The SMILES string of the molecule is CC1(C)CCCN(c2nc(C(C)(C)C(=O)O)cs2)C1. The Morgan fingerprint density at radius 2 is 2.21 bits per heavy atom.